The normalized spacial score (nSPS) is 14.3. The van der Waals surface area contributed by atoms with Crippen LogP contribution in [0.5, 0.6) is 0 Å². The second kappa shape index (κ2) is 12.1. The number of halogens is 4. The van der Waals surface area contributed by atoms with Crippen molar-refractivity contribution in [1.29, 1.82) is 0 Å². The van der Waals surface area contributed by atoms with E-state index in [1.165, 1.54) is 0 Å². The lowest BCUT2D eigenvalue weighted by molar-refractivity contribution is 0.118. The smallest absolute Gasteiger partial charge is 0.207 e. The Morgan fingerprint density at radius 1 is 0.758 bits per heavy atom. The fourth-order valence-electron chi connectivity index (χ4n) is 3.60. The molecule has 3 aromatic carbocycles. The number of nitrogens with zero attached hydrogens (tertiary/aromatic N) is 1. The van der Waals surface area contributed by atoms with Crippen LogP contribution >= 0.6 is 53.8 Å². The number of benzene rings is 3. The highest BCUT2D eigenvalue weighted by atomic mass is 35.5. The van der Waals surface area contributed by atoms with Gasteiger partial charge in [0.15, 0.2) is 0 Å². The van der Waals surface area contributed by atoms with Gasteiger partial charge in [0.25, 0.3) is 0 Å². The van der Waals surface area contributed by atoms with Crippen molar-refractivity contribution >= 4 is 53.8 Å². The van der Waals surface area contributed by atoms with E-state index in [0.29, 0.717) is 33.2 Å². The molecule has 2 atom stereocenters. The molecule has 0 saturated heterocycles. The van der Waals surface area contributed by atoms with Crippen LogP contribution < -0.4 is 0 Å². The van der Waals surface area contributed by atoms with Gasteiger partial charge in [-0.1, -0.05) is 88.9 Å². The monoisotopic (exact) mass is 545 g/mol. The average Bonchev–Trinajstić information content (AvgIpc) is 2.73. The van der Waals surface area contributed by atoms with E-state index in [9.17, 15) is 14.6 Å². The summed E-state index contributed by atoms with van der Waals surface area (Å²) in [6, 6.07) is 19.8. The van der Waals surface area contributed by atoms with E-state index in [1.807, 2.05) is 35.2 Å². The van der Waals surface area contributed by atoms with Gasteiger partial charge < -0.3 is 10.00 Å². The molecular weight excluding hydrogens is 523 g/mol. The van der Waals surface area contributed by atoms with Crippen LogP contribution in [0.1, 0.15) is 16.7 Å². The molecule has 0 spiro atoms. The summed E-state index contributed by atoms with van der Waals surface area (Å²) in [5.41, 5.74) is 2.56. The summed E-state index contributed by atoms with van der Waals surface area (Å²) < 4.78 is 12.8. The van der Waals surface area contributed by atoms with Crippen molar-refractivity contribution in [3.63, 3.8) is 0 Å². The molecule has 4 nitrogen and oxygen atoms in total. The highest BCUT2D eigenvalue weighted by Crippen LogP contribution is 2.45. The fraction of sp³-hybridized carbons (Fsp3) is 0.250. The second-order valence-electron chi connectivity index (χ2n) is 7.99. The molecule has 0 aliphatic rings. The molecular formula is C24H24Cl4NO3P. The van der Waals surface area contributed by atoms with Crippen molar-refractivity contribution in [2.45, 2.75) is 25.4 Å². The highest BCUT2D eigenvalue weighted by molar-refractivity contribution is 7.57. The van der Waals surface area contributed by atoms with Gasteiger partial charge in [-0.25, -0.2) is 0 Å². The molecule has 2 N–H and O–H groups in total. The molecule has 0 saturated carbocycles. The van der Waals surface area contributed by atoms with Crippen LogP contribution in [-0.4, -0.2) is 33.7 Å². The summed E-state index contributed by atoms with van der Waals surface area (Å²) in [5.74, 6) is 0. The average molecular weight is 547 g/mol. The van der Waals surface area contributed by atoms with E-state index >= 15 is 0 Å². The minimum atomic E-state index is -3.57. The Hall–Kier alpha value is -1.07. The zero-order chi connectivity index (χ0) is 24.0. The quantitative estimate of drug-likeness (QED) is 0.265. The van der Waals surface area contributed by atoms with Crippen molar-refractivity contribution in [2.24, 2.45) is 0 Å². The van der Waals surface area contributed by atoms with E-state index in [2.05, 4.69) is 0 Å². The standard InChI is InChI=1S/C24H24Cl4NO3P/c25-21-8-6-18(10-23(21)27)12-29(13-19-7-9-22(26)24(28)11-19)14-20(30)16-33(31,32)15-17-4-2-1-3-5-17/h1-11,20,30H,12-16H2,(H,31,32). The maximum Gasteiger partial charge on any atom is 0.207 e. The van der Waals surface area contributed by atoms with Crippen LogP contribution in [0.4, 0.5) is 0 Å². The Morgan fingerprint density at radius 2 is 1.27 bits per heavy atom. The van der Waals surface area contributed by atoms with Gasteiger partial charge in [-0.05, 0) is 41.0 Å². The highest BCUT2D eigenvalue weighted by Gasteiger charge is 2.25. The van der Waals surface area contributed by atoms with Gasteiger partial charge in [-0.3, -0.25) is 9.46 Å². The van der Waals surface area contributed by atoms with Crippen molar-refractivity contribution < 1.29 is 14.6 Å². The summed E-state index contributed by atoms with van der Waals surface area (Å²) in [6.45, 7) is 1.07. The fourth-order valence-corrected chi connectivity index (χ4v) is 5.92. The third-order valence-electron chi connectivity index (χ3n) is 5.02. The van der Waals surface area contributed by atoms with Crippen LogP contribution in [0, 0.1) is 0 Å². The molecule has 3 aromatic rings. The number of aliphatic hydroxyl groups is 1. The molecule has 0 radical (unpaired) electrons. The zero-order valence-electron chi connectivity index (χ0n) is 17.7. The van der Waals surface area contributed by atoms with Crippen molar-refractivity contribution in [2.75, 3.05) is 12.7 Å². The summed E-state index contributed by atoms with van der Waals surface area (Å²) in [6.07, 6.45) is -1.19. The molecule has 3 rings (SSSR count). The first-order valence-corrected chi connectivity index (χ1v) is 13.8. The van der Waals surface area contributed by atoms with E-state index in [-0.39, 0.29) is 18.9 Å². The molecule has 0 bridgehead atoms. The lowest BCUT2D eigenvalue weighted by Gasteiger charge is -2.26. The maximum atomic E-state index is 12.8. The molecule has 33 heavy (non-hydrogen) atoms. The molecule has 176 valence electrons. The molecule has 0 heterocycles. The summed E-state index contributed by atoms with van der Waals surface area (Å²) in [5, 5.41) is 12.5. The van der Waals surface area contributed by atoms with Gasteiger partial charge in [0.05, 0.1) is 32.4 Å². The van der Waals surface area contributed by atoms with Crippen LogP contribution in [0.3, 0.4) is 0 Å². The third-order valence-corrected chi connectivity index (χ3v) is 8.35. The number of rotatable bonds is 10. The van der Waals surface area contributed by atoms with Gasteiger partial charge in [0, 0.05) is 25.8 Å². The van der Waals surface area contributed by atoms with E-state index < -0.39 is 13.5 Å². The Balaban J connectivity index is 1.73. The molecule has 0 aliphatic heterocycles. The first kappa shape index (κ1) is 26.5. The van der Waals surface area contributed by atoms with E-state index in [4.69, 9.17) is 46.4 Å². The minimum Gasteiger partial charge on any atom is -0.391 e. The van der Waals surface area contributed by atoms with E-state index in [0.717, 1.165) is 16.7 Å². The van der Waals surface area contributed by atoms with Gasteiger partial charge in [0.2, 0.25) is 7.37 Å². The number of hydrogen-bond donors (Lipinski definition) is 2. The van der Waals surface area contributed by atoms with Crippen LogP contribution in [0.2, 0.25) is 20.1 Å². The second-order valence-corrected chi connectivity index (χ2v) is 12.0. The SMILES string of the molecule is O=P(O)(Cc1ccccc1)CC(O)CN(Cc1ccc(Cl)c(Cl)c1)Cc1ccc(Cl)c(Cl)c1. The molecule has 2 unspecified atom stereocenters. The molecule has 9 heteroatoms. The Morgan fingerprint density at radius 3 is 1.76 bits per heavy atom. The van der Waals surface area contributed by atoms with Gasteiger partial charge in [-0.2, -0.15) is 0 Å². The minimum absolute atomic E-state index is 0.0183. The number of hydrogen-bond acceptors (Lipinski definition) is 3. The molecule has 0 amide bonds. The molecule has 0 aromatic heterocycles. The maximum absolute atomic E-state index is 12.8. The lowest BCUT2D eigenvalue weighted by atomic mass is 10.1. The first-order valence-electron chi connectivity index (χ1n) is 10.2. The van der Waals surface area contributed by atoms with Crippen LogP contribution in [-0.2, 0) is 23.8 Å². The Bertz CT molecular complexity index is 1080. The third kappa shape index (κ3) is 8.58. The summed E-state index contributed by atoms with van der Waals surface area (Å²) >= 11 is 24.4. The van der Waals surface area contributed by atoms with Gasteiger partial charge >= 0.3 is 0 Å². The molecule has 0 fully saturated rings. The largest absolute Gasteiger partial charge is 0.391 e. The van der Waals surface area contributed by atoms with Crippen molar-refractivity contribution in [3.05, 3.63) is 104 Å². The summed E-state index contributed by atoms with van der Waals surface area (Å²) in [4.78, 5) is 12.4. The van der Waals surface area contributed by atoms with Crippen LogP contribution in [0.25, 0.3) is 0 Å². The Labute approximate surface area is 214 Å². The van der Waals surface area contributed by atoms with Gasteiger partial charge in [-0.15, -0.1) is 0 Å². The predicted octanol–water partition coefficient (Wildman–Crippen LogP) is 7.13. The zero-order valence-corrected chi connectivity index (χ0v) is 21.6. The Kier molecular flexibility index (Phi) is 9.70. The van der Waals surface area contributed by atoms with Crippen LogP contribution in [0.15, 0.2) is 66.7 Å². The molecule has 0 aliphatic carbocycles. The van der Waals surface area contributed by atoms with E-state index in [1.54, 1.807) is 36.4 Å². The summed E-state index contributed by atoms with van der Waals surface area (Å²) in [7, 11) is -3.57. The predicted molar refractivity (Wildman–Crippen MR) is 138 cm³/mol. The van der Waals surface area contributed by atoms with Gasteiger partial charge in [0.1, 0.15) is 0 Å². The topological polar surface area (TPSA) is 60.8 Å². The van der Waals surface area contributed by atoms with Crippen molar-refractivity contribution in [3.8, 4) is 0 Å². The first-order chi connectivity index (χ1) is 15.6. The van der Waals surface area contributed by atoms with Crippen molar-refractivity contribution in [1.82, 2.24) is 4.90 Å². The lowest BCUT2D eigenvalue weighted by Crippen LogP contribution is -2.33. The number of aliphatic hydroxyl groups excluding tert-OH is 1.